The molecule has 82 valence electrons. The summed E-state index contributed by atoms with van der Waals surface area (Å²) in [7, 11) is 2.22. The van der Waals surface area contributed by atoms with Crippen molar-refractivity contribution in [2.45, 2.75) is 32.2 Å². The molecular weight excluding hydrogens is 172 g/mol. The Hall–Kier alpha value is -0.340. The minimum atomic E-state index is 0.712. The molecule has 0 aromatic carbocycles. The molecule has 0 spiro atoms. The first kappa shape index (κ1) is 11.7. The lowest BCUT2D eigenvalue weighted by molar-refractivity contribution is 0.276. The SMILES string of the molecule is C=CCCCN(C)CC1NCCC1C. The van der Waals surface area contributed by atoms with Gasteiger partial charge in [0.25, 0.3) is 0 Å². The smallest absolute Gasteiger partial charge is 0.0220 e. The summed E-state index contributed by atoms with van der Waals surface area (Å²) in [6.07, 6.45) is 5.72. The van der Waals surface area contributed by atoms with E-state index in [-0.39, 0.29) is 0 Å². The molecule has 1 fully saturated rings. The molecule has 2 atom stereocenters. The molecule has 0 bridgehead atoms. The van der Waals surface area contributed by atoms with Crippen LogP contribution in [0.2, 0.25) is 0 Å². The molecule has 1 N–H and O–H groups in total. The van der Waals surface area contributed by atoms with Gasteiger partial charge in [0.1, 0.15) is 0 Å². The van der Waals surface area contributed by atoms with E-state index in [1.54, 1.807) is 0 Å². The summed E-state index contributed by atoms with van der Waals surface area (Å²) in [6.45, 7) is 9.68. The van der Waals surface area contributed by atoms with Crippen LogP contribution >= 0.6 is 0 Å². The lowest BCUT2D eigenvalue weighted by atomic mass is 10.0. The topological polar surface area (TPSA) is 15.3 Å². The van der Waals surface area contributed by atoms with Crippen molar-refractivity contribution in [3.63, 3.8) is 0 Å². The van der Waals surface area contributed by atoms with Gasteiger partial charge in [-0.3, -0.25) is 0 Å². The quantitative estimate of drug-likeness (QED) is 0.515. The van der Waals surface area contributed by atoms with Crippen molar-refractivity contribution in [3.05, 3.63) is 12.7 Å². The first-order valence-corrected chi connectivity index (χ1v) is 5.77. The van der Waals surface area contributed by atoms with Crippen LogP contribution in [0, 0.1) is 5.92 Å². The maximum Gasteiger partial charge on any atom is 0.0220 e. The molecule has 0 aromatic heterocycles. The molecule has 0 amide bonds. The van der Waals surface area contributed by atoms with E-state index in [4.69, 9.17) is 0 Å². The average molecular weight is 196 g/mol. The molecule has 0 aliphatic carbocycles. The van der Waals surface area contributed by atoms with Crippen LogP contribution in [0.4, 0.5) is 0 Å². The Labute approximate surface area is 88.4 Å². The van der Waals surface area contributed by atoms with E-state index in [9.17, 15) is 0 Å². The standard InChI is InChI=1S/C12H24N2/c1-4-5-6-9-14(3)10-12-11(2)7-8-13-12/h4,11-13H,1,5-10H2,2-3H3. The van der Waals surface area contributed by atoms with Gasteiger partial charge in [-0.1, -0.05) is 13.0 Å². The molecule has 1 aliphatic rings. The Bertz CT molecular complexity index is 168. The third-order valence-corrected chi connectivity index (χ3v) is 3.15. The van der Waals surface area contributed by atoms with Crippen molar-refractivity contribution in [2.75, 3.05) is 26.7 Å². The molecule has 1 rings (SSSR count). The fourth-order valence-electron chi connectivity index (χ4n) is 2.08. The highest BCUT2D eigenvalue weighted by atomic mass is 15.1. The van der Waals surface area contributed by atoms with Crippen molar-refractivity contribution in [1.82, 2.24) is 10.2 Å². The first-order chi connectivity index (χ1) is 6.74. The van der Waals surface area contributed by atoms with Gasteiger partial charge in [0.2, 0.25) is 0 Å². The van der Waals surface area contributed by atoms with Gasteiger partial charge in [-0.05, 0) is 45.3 Å². The Morgan fingerprint density at radius 2 is 2.36 bits per heavy atom. The Morgan fingerprint density at radius 1 is 1.57 bits per heavy atom. The van der Waals surface area contributed by atoms with E-state index in [2.05, 4.69) is 30.8 Å². The monoisotopic (exact) mass is 196 g/mol. The highest BCUT2D eigenvalue weighted by Gasteiger charge is 2.23. The summed E-state index contributed by atoms with van der Waals surface area (Å²) >= 11 is 0. The van der Waals surface area contributed by atoms with Gasteiger partial charge >= 0.3 is 0 Å². The molecule has 14 heavy (non-hydrogen) atoms. The molecule has 1 saturated heterocycles. The number of unbranched alkanes of at least 4 members (excludes halogenated alkanes) is 1. The van der Waals surface area contributed by atoms with E-state index in [1.165, 1.54) is 32.5 Å². The fraction of sp³-hybridized carbons (Fsp3) is 0.833. The van der Waals surface area contributed by atoms with Gasteiger partial charge in [0, 0.05) is 12.6 Å². The van der Waals surface area contributed by atoms with Gasteiger partial charge in [-0.2, -0.15) is 0 Å². The van der Waals surface area contributed by atoms with E-state index in [0.717, 1.165) is 12.3 Å². The summed E-state index contributed by atoms with van der Waals surface area (Å²) in [4.78, 5) is 2.43. The Kier molecular flexibility index (Phi) is 5.20. The molecular formula is C12H24N2. The van der Waals surface area contributed by atoms with Crippen LogP contribution in [0.3, 0.4) is 0 Å². The van der Waals surface area contributed by atoms with Crippen LogP contribution in [-0.4, -0.2) is 37.6 Å². The Balaban J connectivity index is 2.12. The van der Waals surface area contributed by atoms with Crippen molar-refractivity contribution in [3.8, 4) is 0 Å². The summed E-state index contributed by atoms with van der Waals surface area (Å²) in [5, 5.41) is 3.57. The van der Waals surface area contributed by atoms with E-state index < -0.39 is 0 Å². The van der Waals surface area contributed by atoms with Crippen LogP contribution in [0.15, 0.2) is 12.7 Å². The van der Waals surface area contributed by atoms with Crippen molar-refractivity contribution < 1.29 is 0 Å². The largest absolute Gasteiger partial charge is 0.312 e. The number of allylic oxidation sites excluding steroid dienone is 1. The van der Waals surface area contributed by atoms with Gasteiger partial charge in [-0.15, -0.1) is 6.58 Å². The maximum atomic E-state index is 3.74. The second kappa shape index (κ2) is 6.20. The van der Waals surface area contributed by atoms with Crippen molar-refractivity contribution in [1.29, 1.82) is 0 Å². The molecule has 0 radical (unpaired) electrons. The number of likely N-dealkylation sites (N-methyl/N-ethyl adjacent to an activating group) is 1. The molecule has 0 saturated carbocycles. The number of nitrogens with zero attached hydrogens (tertiary/aromatic N) is 1. The van der Waals surface area contributed by atoms with Gasteiger partial charge in [0.05, 0.1) is 0 Å². The zero-order valence-electron chi connectivity index (χ0n) is 9.63. The van der Waals surface area contributed by atoms with E-state index in [0.29, 0.717) is 6.04 Å². The zero-order valence-corrected chi connectivity index (χ0v) is 9.63. The molecule has 1 heterocycles. The maximum absolute atomic E-state index is 3.74. The first-order valence-electron chi connectivity index (χ1n) is 5.77. The molecule has 0 aromatic rings. The third-order valence-electron chi connectivity index (χ3n) is 3.15. The number of rotatable bonds is 6. The summed E-state index contributed by atoms with van der Waals surface area (Å²) in [5.74, 6) is 0.844. The van der Waals surface area contributed by atoms with E-state index in [1.807, 2.05) is 6.08 Å². The van der Waals surface area contributed by atoms with Crippen LogP contribution < -0.4 is 5.32 Å². The fourth-order valence-corrected chi connectivity index (χ4v) is 2.08. The predicted molar refractivity (Wildman–Crippen MR) is 62.5 cm³/mol. The van der Waals surface area contributed by atoms with Gasteiger partial charge < -0.3 is 10.2 Å². The number of nitrogens with one attached hydrogen (secondary N) is 1. The van der Waals surface area contributed by atoms with Crippen molar-refractivity contribution >= 4 is 0 Å². The highest BCUT2D eigenvalue weighted by molar-refractivity contribution is 4.83. The third kappa shape index (κ3) is 3.81. The zero-order chi connectivity index (χ0) is 10.4. The average Bonchev–Trinajstić information content (AvgIpc) is 2.52. The summed E-state index contributed by atoms with van der Waals surface area (Å²) < 4.78 is 0. The molecule has 1 aliphatic heterocycles. The summed E-state index contributed by atoms with van der Waals surface area (Å²) in [5.41, 5.74) is 0. The van der Waals surface area contributed by atoms with E-state index >= 15 is 0 Å². The lowest BCUT2D eigenvalue weighted by Gasteiger charge is -2.23. The van der Waals surface area contributed by atoms with Crippen molar-refractivity contribution in [2.24, 2.45) is 5.92 Å². The Morgan fingerprint density at radius 3 is 2.93 bits per heavy atom. The van der Waals surface area contributed by atoms with Crippen LogP contribution in [-0.2, 0) is 0 Å². The number of hydrogen-bond donors (Lipinski definition) is 1. The number of hydrogen-bond acceptors (Lipinski definition) is 2. The minimum absolute atomic E-state index is 0.712. The second-order valence-electron chi connectivity index (χ2n) is 4.52. The normalized spacial score (nSPS) is 27.1. The molecule has 2 unspecified atom stereocenters. The predicted octanol–water partition coefficient (Wildman–Crippen LogP) is 1.88. The molecule has 2 heteroatoms. The van der Waals surface area contributed by atoms with Gasteiger partial charge in [-0.25, -0.2) is 0 Å². The summed E-state index contributed by atoms with van der Waals surface area (Å²) in [6, 6.07) is 0.712. The molecule has 2 nitrogen and oxygen atoms in total. The van der Waals surface area contributed by atoms with Crippen LogP contribution in [0.1, 0.15) is 26.2 Å². The second-order valence-corrected chi connectivity index (χ2v) is 4.52. The minimum Gasteiger partial charge on any atom is -0.312 e. The van der Waals surface area contributed by atoms with Crippen LogP contribution in [0.5, 0.6) is 0 Å². The lowest BCUT2D eigenvalue weighted by Crippen LogP contribution is -2.38. The van der Waals surface area contributed by atoms with Gasteiger partial charge in [0.15, 0.2) is 0 Å². The highest BCUT2D eigenvalue weighted by Crippen LogP contribution is 2.14. The van der Waals surface area contributed by atoms with Crippen LogP contribution in [0.25, 0.3) is 0 Å².